The van der Waals surface area contributed by atoms with Crippen molar-refractivity contribution in [2.45, 2.75) is 63.7 Å². The number of benzene rings is 2. The molecular weight excluding hydrogens is 433 g/mol. The normalized spacial score (nSPS) is 25.2. The molecule has 0 heterocycles. The number of hydrogen-bond acceptors (Lipinski definition) is 1. The van der Waals surface area contributed by atoms with Crippen LogP contribution in [-0.4, -0.2) is 19.5 Å². The minimum absolute atomic E-state index is 0.00873. The molecule has 2 aliphatic rings. The first-order valence-electron chi connectivity index (χ1n) is 12.3. The Labute approximate surface area is 201 Å². The van der Waals surface area contributed by atoms with Gasteiger partial charge in [0.1, 0.15) is 11.6 Å². The fourth-order valence-electron chi connectivity index (χ4n) is 5.25. The third kappa shape index (κ3) is 5.32. The number of alkyl halides is 2. The second kappa shape index (κ2) is 11.1. The van der Waals surface area contributed by atoms with Crippen LogP contribution >= 0.6 is 0 Å². The van der Waals surface area contributed by atoms with Crippen LogP contribution in [0.2, 0.25) is 0 Å². The molecule has 0 radical (unpaired) electrons. The van der Waals surface area contributed by atoms with Gasteiger partial charge in [-0.1, -0.05) is 54.6 Å². The zero-order valence-electron chi connectivity index (χ0n) is 19.9. The van der Waals surface area contributed by atoms with E-state index in [1.54, 1.807) is 24.3 Å². The lowest BCUT2D eigenvalue weighted by atomic mass is 9.77. The van der Waals surface area contributed by atoms with E-state index in [1.165, 1.54) is 19.6 Å². The number of ether oxygens (including phenoxy) is 1. The zero-order valence-corrected chi connectivity index (χ0v) is 19.9. The van der Waals surface area contributed by atoms with E-state index in [2.05, 4.69) is 19.1 Å². The van der Waals surface area contributed by atoms with Crippen molar-refractivity contribution in [3.05, 3.63) is 89.5 Å². The summed E-state index contributed by atoms with van der Waals surface area (Å²) in [6.45, 7) is 2.06. The summed E-state index contributed by atoms with van der Waals surface area (Å²) in [7, 11) is 1.33. The van der Waals surface area contributed by atoms with E-state index in [4.69, 9.17) is 4.74 Å². The van der Waals surface area contributed by atoms with E-state index in [0.717, 1.165) is 54.7 Å². The van der Waals surface area contributed by atoms with Gasteiger partial charge in [0.15, 0.2) is 12.3 Å². The standard InChI is InChI=1S/C30H33F3O/c1-3-4-5-6-20-7-9-22(10-8-20)25-16-15-24(19-27(25)31)21-11-13-23(14-12-21)26-17-18-28(34-2)30(33)29(26)32/h3-4,11-20,22,29-30H,5-10H2,1-2H3/b4-3+. The molecule has 1 saturated carbocycles. The van der Waals surface area contributed by atoms with Crippen LogP contribution in [0.15, 0.2) is 72.5 Å². The molecule has 1 fully saturated rings. The number of rotatable bonds is 7. The van der Waals surface area contributed by atoms with Gasteiger partial charge in [0, 0.05) is 0 Å². The molecule has 0 aliphatic heterocycles. The first kappa shape index (κ1) is 24.4. The van der Waals surface area contributed by atoms with Gasteiger partial charge < -0.3 is 4.74 Å². The van der Waals surface area contributed by atoms with E-state index in [1.807, 2.05) is 24.3 Å². The average molecular weight is 467 g/mol. The topological polar surface area (TPSA) is 9.23 Å². The van der Waals surface area contributed by atoms with Crippen molar-refractivity contribution < 1.29 is 17.9 Å². The molecular formula is C30H33F3O. The number of methoxy groups -OCH3 is 1. The van der Waals surface area contributed by atoms with Crippen LogP contribution in [-0.2, 0) is 4.74 Å². The second-order valence-electron chi connectivity index (χ2n) is 9.38. The summed E-state index contributed by atoms with van der Waals surface area (Å²) in [6, 6.07) is 12.7. The van der Waals surface area contributed by atoms with Gasteiger partial charge in [-0.3, -0.25) is 0 Å². The number of hydrogen-bond donors (Lipinski definition) is 0. The summed E-state index contributed by atoms with van der Waals surface area (Å²) in [5, 5.41) is 0. The Morgan fingerprint density at radius 3 is 2.21 bits per heavy atom. The molecule has 1 nitrogen and oxygen atoms in total. The first-order valence-corrected chi connectivity index (χ1v) is 12.3. The van der Waals surface area contributed by atoms with Crippen LogP contribution in [0.4, 0.5) is 13.2 Å². The first-order chi connectivity index (χ1) is 16.5. The molecule has 2 aromatic rings. The molecule has 0 N–H and O–H groups in total. The summed E-state index contributed by atoms with van der Waals surface area (Å²) in [5.41, 5.74) is 3.33. The highest BCUT2D eigenvalue weighted by Gasteiger charge is 2.32. The molecule has 2 unspecified atom stereocenters. The van der Waals surface area contributed by atoms with Gasteiger partial charge in [-0.15, -0.1) is 0 Å². The van der Waals surface area contributed by atoms with Gasteiger partial charge >= 0.3 is 0 Å². The minimum atomic E-state index is -1.81. The Bertz CT molecular complexity index is 1060. The second-order valence-corrected chi connectivity index (χ2v) is 9.38. The maximum absolute atomic E-state index is 15.1. The van der Waals surface area contributed by atoms with E-state index in [-0.39, 0.29) is 23.1 Å². The Kier molecular flexibility index (Phi) is 7.97. The monoisotopic (exact) mass is 466 g/mol. The fourth-order valence-corrected chi connectivity index (χ4v) is 5.25. The predicted molar refractivity (Wildman–Crippen MR) is 133 cm³/mol. The quantitative estimate of drug-likeness (QED) is 0.371. The Morgan fingerprint density at radius 2 is 1.56 bits per heavy atom. The lowest BCUT2D eigenvalue weighted by Crippen LogP contribution is -2.24. The van der Waals surface area contributed by atoms with Gasteiger partial charge in [-0.05, 0) is 97.3 Å². The van der Waals surface area contributed by atoms with E-state index in [0.29, 0.717) is 5.56 Å². The summed E-state index contributed by atoms with van der Waals surface area (Å²) >= 11 is 0. The maximum Gasteiger partial charge on any atom is 0.192 e. The molecule has 2 aromatic carbocycles. The van der Waals surface area contributed by atoms with Gasteiger partial charge in [-0.2, -0.15) is 0 Å². The van der Waals surface area contributed by atoms with Crippen LogP contribution in [0.5, 0.6) is 0 Å². The van der Waals surface area contributed by atoms with E-state index < -0.39 is 12.3 Å². The van der Waals surface area contributed by atoms with Crippen LogP contribution in [0.1, 0.15) is 62.5 Å². The third-order valence-electron chi connectivity index (χ3n) is 7.30. The van der Waals surface area contributed by atoms with Crippen LogP contribution in [0.25, 0.3) is 16.7 Å². The average Bonchev–Trinajstić information content (AvgIpc) is 2.86. The summed E-state index contributed by atoms with van der Waals surface area (Å²) in [5.74, 6) is 0.870. The molecule has 0 amide bonds. The zero-order chi connectivity index (χ0) is 24.1. The smallest absolute Gasteiger partial charge is 0.192 e. The van der Waals surface area contributed by atoms with E-state index in [9.17, 15) is 8.78 Å². The molecule has 0 aromatic heterocycles. The van der Waals surface area contributed by atoms with Crippen LogP contribution in [0.3, 0.4) is 0 Å². The minimum Gasteiger partial charge on any atom is -0.498 e. The Morgan fingerprint density at radius 1 is 0.882 bits per heavy atom. The molecule has 0 bridgehead atoms. The Hall–Kier alpha value is -2.75. The van der Waals surface area contributed by atoms with Crippen molar-refractivity contribution in [2.75, 3.05) is 7.11 Å². The fraction of sp³-hybridized carbons (Fsp3) is 0.400. The highest BCUT2D eigenvalue weighted by atomic mass is 19.2. The van der Waals surface area contributed by atoms with Gasteiger partial charge in [-0.25, -0.2) is 13.2 Å². The molecule has 0 spiro atoms. The highest BCUT2D eigenvalue weighted by Crippen LogP contribution is 2.39. The molecule has 34 heavy (non-hydrogen) atoms. The lowest BCUT2D eigenvalue weighted by Gasteiger charge is -2.29. The van der Waals surface area contributed by atoms with Crippen molar-refractivity contribution in [1.82, 2.24) is 0 Å². The van der Waals surface area contributed by atoms with Crippen molar-refractivity contribution in [2.24, 2.45) is 5.92 Å². The summed E-state index contributed by atoms with van der Waals surface area (Å²) in [4.78, 5) is 0. The van der Waals surface area contributed by atoms with Crippen molar-refractivity contribution >= 4 is 5.57 Å². The molecule has 4 heteroatoms. The third-order valence-corrected chi connectivity index (χ3v) is 7.30. The van der Waals surface area contributed by atoms with Crippen LogP contribution in [0, 0.1) is 11.7 Å². The highest BCUT2D eigenvalue weighted by molar-refractivity contribution is 5.75. The molecule has 4 rings (SSSR count). The summed E-state index contributed by atoms with van der Waals surface area (Å²) < 4.78 is 48.7. The van der Waals surface area contributed by atoms with Crippen molar-refractivity contribution in [3.63, 3.8) is 0 Å². The van der Waals surface area contributed by atoms with Gasteiger partial charge in [0.2, 0.25) is 0 Å². The molecule has 2 atom stereocenters. The number of allylic oxidation sites excluding steroid dienone is 6. The molecule has 2 aliphatic carbocycles. The van der Waals surface area contributed by atoms with Crippen molar-refractivity contribution in [1.29, 1.82) is 0 Å². The largest absolute Gasteiger partial charge is 0.498 e. The SMILES string of the molecule is C/C=C/CCC1CCC(c2ccc(-c3ccc(C4=CC=C(OC)C(F)C4F)cc3)cc2F)CC1. The maximum atomic E-state index is 15.1. The Balaban J connectivity index is 1.43. The number of halogens is 3. The summed E-state index contributed by atoms with van der Waals surface area (Å²) in [6.07, 6.45) is 10.5. The van der Waals surface area contributed by atoms with Crippen molar-refractivity contribution in [3.8, 4) is 11.1 Å². The van der Waals surface area contributed by atoms with Gasteiger partial charge in [0.25, 0.3) is 0 Å². The lowest BCUT2D eigenvalue weighted by molar-refractivity contribution is 0.152. The molecule has 180 valence electrons. The van der Waals surface area contributed by atoms with E-state index >= 15 is 4.39 Å². The molecule has 0 saturated heterocycles. The van der Waals surface area contributed by atoms with Crippen LogP contribution < -0.4 is 0 Å². The van der Waals surface area contributed by atoms with Gasteiger partial charge in [0.05, 0.1) is 7.11 Å². The predicted octanol–water partition coefficient (Wildman–Crippen LogP) is 8.73.